The van der Waals surface area contributed by atoms with Crippen LogP contribution in [0.1, 0.15) is 54.4 Å². The summed E-state index contributed by atoms with van der Waals surface area (Å²) in [6.45, 7) is 15.6. The summed E-state index contributed by atoms with van der Waals surface area (Å²) < 4.78 is 9.11. The van der Waals surface area contributed by atoms with Gasteiger partial charge in [0.15, 0.2) is 0 Å². The molecule has 0 N–H and O–H groups in total. The lowest BCUT2D eigenvalue weighted by molar-refractivity contribution is -0.707. The smallest absolute Gasteiger partial charge is 0.237 e. The topological polar surface area (TPSA) is 17.6 Å². The zero-order valence-electron chi connectivity index (χ0n) is 15.1. The first kappa shape index (κ1) is 16.8. The molecule has 2 heterocycles. The average Bonchev–Trinajstić information content (AvgIpc) is 3.02. The lowest BCUT2D eigenvalue weighted by Gasteiger charge is -2.13. The SMILES string of the molecule is CC(C)(C)n1cc[n+](CCCC[n+]2ccn(C(C)(C)C)c2)c1. The molecule has 4 heteroatoms. The Morgan fingerprint density at radius 3 is 1.32 bits per heavy atom. The Morgan fingerprint density at radius 1 is 0.682 bits per heavy atom. The summed E-state index contributed by atoms with van der Waals surface area (Å²) in [5.41, 5.74) is 0.327. The first-order chi connectivity index (χ1) is 10.2. The Labute approximate surface area is 135 Å². The number of aryl methyl sites for hydroxylation is 2. The maximum atomic E-state index is 2.29. The molecule has 0 atom stereocenters. The van der Waals surface area contributed by atoms with Crippen molar-refractivity contribution in [2.45, 2.75) is 78.6 Å². The summed E-state index contributed by atoms with van der Waals surface area (Å²) in [5.74, 6) is 0. The van der Waals surface area contributed by atoms with Gasteiger partial charge in [-0.25, -0.2) is 18.3 Å². The van der Waals surface area contributed by atoms with Gasteiger partial charge in [-0.3, -0.25) is 0 Å². The molecule has 0 aliphatic rings. The van der Waals surface area contributed by atoms with E-state index < -0.39 is 0 Å². The van der Waals surface area contributed by atoms with Crippen molar-refractivity contribution in [3.05, 3.63) is 37.4 Å². The summed E-state index contributed by atoms with van der Waals surface area (Å²) in [7, 11) is 0. The Bertz CT molecular complexity index is 539. The molecule has 0 aliphatic carbocycles. The van der Waals surface area contributed by atoms with Crippen LogP contribution in [-0.4, -0.2) is 9.13 Å². The number of imidazole rings is 2. The molecule has 0 saturated heterocycles. The van der Waals surface area contributed by atoms with Crippen LogP contribution in [0.2, 0.25) is 0 Å². The van der Waals surface area contributed by atoms with Gasteiger partial charge in [0.25, 0.3) is 0 Å². The van der Waals surface area contributed by atoms with Crippen molar-refractivity contribution in [3.8, 4) is 0 Å². The summed E-state index contributed by atoms with van der Waals surface area (Å²) in [6, 6.07) is 0. The zero-order valence-corrected chi connectivity index (χ0v) is 15.1. The van der Waals surface area contributed by atoms with E-state index in [0.717, 1.165) is 13.1 Å². The molecule has 0 bridgehead atoms. The standard InChI is InChI=1S/C18H32N4/c1-17(2,3)21-13-11-19(15-21)9-7-8-10-20-12-14-22(16-20)18(4,5)6/h11-16H,7-10H2,1-6H3/q+2. The van der Waals surface area contributed by atoms with Crippen LogP contribution in [0.15, 0.2) is 37.4 Å². The highest BCUT2D eigenvalue weighted by molar-refractivity contribution is 4.79. The Balaban J connectivity index is 1.78. The van der Waals surface area contributed by atoms with Crippen LogP contribution >= 0.6 is 0 Å². The Hall–Kier alpha value is -1.58. The van der Waals surface area contributed by atoms with Crippen LogP contribution in [0.25, 0.3) is 0 Å². The molecule has 22 heavy (non-hydrogen) atoms. The van der Waals surface area contributed by atoms with Crippen LogP contribution in [0.5, 0.6) is 0 Å². The maximum Gasteiger partial charge on any atom is 0.244 e. The molecule has 0 aliphatic heterocycles. The van der Waals surface area contributed by atoms with E-state index in [2.05, 4.69) is 97.3 Å². The molecule has 0 spiro atoms. The van der Waals surface area contributed by atoms with E-state index in [4.69, 9.17) is 0 Å². The van der Waals surface area contributed by atoms with Crippen molar-refractivity contribution >= 4 is 0 Å². The molecule has 2 aromatic heterocycles. The van der Waals surface area contributed by atoms with Crippen LogP contribution in [0, 0.1) is 0 Å². The minimum absolute atomic E-state index is 0.164. The minimum Gasteiger partial charge on any atom is -0.237 e. The average molecular weight is 304 g/mol. The van der Waals surface area contributed by atoms with E-state index in [1.165, 1.54) is 12.8 Å². The number of nitrogens with zero attached hydrogens (tertiary/aromatic N) is 4. The zero-order chi connectivity index (χ0) is 16.4. The van der Waals surface area contributed by atoms with Gasteiger partial charge in [-0.05, 0) is 54.4 Å². The predicted molar refractivity (Wildman–Crippen MR) is 88.5 cm³/mol. The molecule has 2 aromatic rings. The van der Waals surface area contributed by atoms with E-state index in [1.54, 1.807) is 0 Å². The number of aromatic nitrogens is 4. The van der Waals surface area contributed by atoms with Crippen molar-refractivity contribution in [1.29, 1.82) is 0 Å². The van der Waals surface area contributed by atoms with Crippen molar-refractivity contribution < 1.29 is 9.13 Å². The van der Waals surface area contributed by atoms with Gasteiger partial charge in [-0.15, -0.1) is 0 Å². The second-order valence-corrected chi connectivity index (χ2v) is 8.17. The Kier molecular flexibility index (Phi) is 4.78. The summed E-state index contributed by atoms with van der Waals surface area (Å²) in [5, 5.41) is 0. The fourth-order valence-corrected chi connectivity index (χ4v) is 2.44. The van der Waals surface area contributed by atoms with Gasteiger partial charge in [0.2, 0.25) is 12.7 Å². The molecule has 0 saturated carbocycles. The lowest BCUT2D eigenvalue weighted by Crippen LogP contribution is -2.35. The van der Waals surface area contributed by atoms with Crippen molar-refractivity contribution in [2.24, 2.45) is 0 Å². The third-order valence-electron chi connectivity index (χ3n) is 4.01. The number of hydrogen-bond donors (Lipinski definition) is 0. The van der Waals surface area contributed by atoms with Gasteiger partial charge in [-0.1, -0.05) is 0 Å². The number of rotatable bonds is 5. The van der Waals surface area contributed by atoms with Gasteiger partial charge in [-0.2, -0.15) is 0 Å². The number of unbranched alkanes of at least 4 members (excludes halogenated alkanes) is 1. The van der Waals surface area contributed by atoms with E-state index in [9.17, 15) is 0 Å². The molecule has 2 rings (SSSR count). The fraction of sp³-hybridized carbons (Fsp3) is 0.667. The van der Waals surface area contributed by atoms with Crippen molar-refractivity contribution in [1.82, 2.24) is 9.13 Å². The van der Waals surface area contributed by atoms with Crippen LogP contribution in [-0.2, 0) is 24.2 Å². The van der Waals surface area contributed by atoms with E-state index in [-0.39, 0.29) is 11.1 Å². The quantitative estimate of drug-likeness (QED) is 0.597. The molecule has 0 unspecified atom stereocenters. The van der Waals surface area contributed by atoms with Gasteiger partial charge in [0.1, 0.15) is 35.9 Å². The third kappa shape index (κ3) is 4.46. The normalized spacial score (nSPS) is 12.8. The monoisotopic (exact) mass is 304 g/mol. The largest absolute Gasteiger partial charge is 0.244 e. The predicted octanol–water partition coefficient (Wildman–Crippen LogP) is 2.86. The highest BCUT2D eigenvalue weighted by Crippen LogP contribution is 2.12. The fourth-order valence-electron chi connectivity index (χ4n) is 2.44. The molecule has 0 aromatic carbocycles. The van der Waals surface area contributed by atoms with E-state index in [1.807, 2.05) is 0 Å². The minimum atomic E-state index is 0.164. The summed E-state index contributed by atoms with van der Waals surface area (Å²) >= 11 is 0. The summed E-state index contributed by atoms with van der Waals surface area (Å²) in [4.78, 5) is 0. The second-order valence-electron chi connectivity index (χ2n) is 8.17. The molecule has 0 radical (unpaired) electrons. The molecule has 0 amide bonds. The first-order valence-electron chi connectivity index (χ1n) is 8.31. The first-order valence-corrected chi connectivity index (χ1v) is 8.31. The lowest BCUT2D eigenvalue weighted by atomic mass is 10.1. The van der Waals surface area contributed by atoms with E-state index in [0.29, 0.717) is 0 Å². The Morgan fingerprint density at radius 2 is 1.05 bits per heavy atom. The molecular weight excluding hydrogens is 272 g/mol. The van der Waals surface area contributed by atoms with Gasteiger partial charge < -0.3 is 0 Å². The van der Waals surface area contributed by atoms with Gasteiger partial charge in [0.05, 0.1) is 13.1 Å². The molecule has 0 fully saturated rings. The molecule has 122 valence electrons. The molecular formula is C18H32N4+2. The van der Waals surface area contributed by atoms with Crippen LogP contribution in [0.4, 0.5) is 0 Å². The molecule has 4 nitrogen and oxygen atoms in total. The maximum absolute atomic E-state index is 2.29. The highest BCUT2D eigenvalue weighted by Gasteiger charge is 2.20. The summed E-state index contributed by atoms with van der Waals surface area (Å²) in [6.07, 6.45) is 15.5. The highest BCUT2D eigenvalue weighted by atomic mass is 15.2. The van der Waals surface area contributed by atoms with Crippen LogP contribution < -0.4 is 9.13 Å². The number of hydrogen-bond acceptors (Lipinski definition) is 0. The van der Waals surface area contributed by atoms with Gasteiger partial charge in [0, 0.05) is 0 Å². The van der Waals surface area contributed by atoms with Crippen molar-refractivity contribution in [3.63, 3.8) is 0 Å². The third-order valence-corrected chi connectivity index (χ3v) is 4.01. The second kappa shape index (κ2) is 6.27. The van der Waals surface area contributed by atoms with E-state index >= 15 is 0 Å². The van der Waals surface area contributed by atoms with Gasteiger partial charge >= 0.3 is 0 Å². The van der Waals surface area contributed by atoms with Crippen molar-refractivity contribution in [2.75, 3.05) is 0 Å². The van der Waals surface area contributed by atoms with Crippen LogP contribution in [0.3, 0.4) is 0 Å².